The molecule has 0 amide bonds. The molecule has 2 aliphatic rings. The van der Waals surface area contributed by atoms with Crippen LogP contribution < -0.4 is 0 Å². The van der Waals surface area contributed by atoms with E-state index < -0.39 is 0 Å². The third-order valence-electron chi connectivity index (χ3n) is 2.39. The summed E-state index contributed by atoms with van der Waals surface area (Å²) >= 11 is 6.14. The zero-order valence-electron chi connectivity index (χ0n) is 7.57. The van der Waals surface area contributed by atoms with E-state index >= 15 is 0 Å². The standard InChI is InChI=1S/C11H12ClN/c1-13-10-5-3-2-4-9(8-10)6-7-11(13)12/h2-7,11H,8H2,1H3. The average molecular weight is 194 g/mol. The van der Waals surface area contributed by atoms with Gasteiger partial charge in [-0.15, -0.1) is 0 Å². The number of fused-ring (bicyclic) bond motifs is 2. The van der Waals surface area contributed by atoms with Crippen molar-refractivity contribution in [1.29, 1.82) is 0 Å². The van der Waals surface area contributed by atoms with E-state index in [4.69, 9.17) is 11.6 Å². The molecule has 2 bridgehead atoms. The van der Waals surface area contributed by atoms with Crippen LogP contribution in [0.15, 0.2) is 47.7 Å². The first kappa shape index (κ1) is 8.64. The van der Waals surface area contributed by atoms with E-state index in [1.807, 2.05) is 13.1 Å². The maximum Gasteiger partial charge on any atom is 0.122 e. The summed E-state index contributed by atoms with van der Waals surface area (Å²) in [6, 6.07) is 0. The predicted octanol–water partition coefficient (Wildman–Crippen LogP) is 2.82. The Hall–Kier alpha value is -0.950. The molecule has 0 aromatic rings. The summed E-state index contributed by atoms with van der Waals surface area (Å²) in [6.45, 7) is 0. The van der Waals surface area contributed by atoms with Crippen LogP contribution in [0.4, 0.5) is 0 Å². The summed E-state index contributed by atoms with van der Waals surface area (Å²) < 4.78 is 0. The Kier molecular flexibility index (Phi) is 2.28. The third kappa shape index (κ3) is 1.70. The Morgan fingerprint density at radius 1 is 1.38 bits per heavy atom. The second-order valence-corrected chi connectivity index (χ2v) is 3.75. The monoisotopic (exact) mass is 193 g/mol. The van der Waals surface area contributed by atoms with E-state index in [9.17, 15) is 0 Å². The Morgan fingerprint density at radius 3 is 3.00 bits per heavy atom. The summed E-state index contributed by atoms with van der Waals surface area (Å²) in [5, 5.41) is 0. The second-order valence-electron chi connectivity index (χ2n) is 3.30. The molecule has 1 aliphatic heterocycles. The quantitative estimate of drug-likeness (QED) is 0.423. The summed E-state index contributed by atoms with van der Waals surface area (Å²) in [5.74, 6) is 0. The van der Waals surface area contributed by atoms with E-state index in [1.54, 1.807) is 0 Å². The summed E-state index contributed by atoms with van der Waals surface area (Å²) in [5.41, 5.74) is 2.56. The zero-order valence-corrected chi connectivity index (χ0v) is 8.33. The molecule has 1 heterocycles. The van der Waals surface area contributed by atoms with Crippen LogP contribution in [0.5, 0.6) is 0 Å². The van der Waals surface area contributed by atoms with Gasteiger partial charge in [-0.25, -0.2) is 0 Å². The first-order valence-electron chi connectivity index (χ1n) is 4.39. The fourth-order valence-corrected chi connectivity index (χ4v) is 1.72. The maximum atomic E-state index is 6.14. The highest BCUT2D eigenvalue weighted by atomic mass is 35.5. The van der Waals surface area contributed by atoms with Gasteiger partial charge in [0.1, 0.15) is 5.50 Å². The summed E-state index contributed by atoms with van der Waals surface area (Å²) in [6.07, 6.45) is 13.5. The third-order valence-corrected chi connectivity index (χ3v) is 2.83. The lowest BCUT2D eigenvalue weighted by atomic mass is 10.1. The molecule has 0 saturated heterocycles. The lowest BCUT2D eigenvalue weighted by molar-refractivity contribution is 0.425. The molecule has 1 unspecified atom stereocenters. The molecule has 1 aliphatic carbocycles. The number of likely N-dealkylation sites (N-methyl/N-ethyl adjacent to an activating group) is 1. The van der Waals surface area contributed by atoms with Crippen molar-refractivity contribution >= 4 is 11.6 Å². The lowest BCUT2D eigenvalue weighted by Crippen LogP contribution is -2.23. The highest BCUT2D eigenvalue weighted by molar-refractivity contribution is 6.21. The van der Waals surface area contributed by atoms with Gasteiger partial charge in [0.25, 0.3) is 0 Å². The Balaban J connectivity index is 2.41. The zero-order chi connectivity index (χ0) is 9.26. The lowest BCUT2D eigenvalue weighted by Gasteiger charge is -2.23. The molecule has 0 aromatic heterocycles. The molecule has 0 radical (unpaired) electrons. The number of nitrogens with zero attached hydrogens (tertiary/aromatic N) is 1. The largest absolute Gasteiger partial charge is 0.358 e. The van der Waals surface area contributed by atoms with Crippen molar-refractivity contribution in [3.8, 4) is 0 Å². The van der Waals surface area contributed by atoms with Crippen LogP contribution in [0, 0.1) is 0 Å². The fourth-order valence-electron chi connectivity index (χ4n) is 1.52. The molecule has 0 N–H and O–H groups in total. The summed E-state index contributed by atoms with van der Waals surface area (Å²) in [7, 11) is 2.02. The van der Waals surface area contributed by atoms with E-state index in [2.05, 4.69) is 35.3 Å². The highest BCUT2D eigenvalue weighted by Gasteiger charge is 2.16. The van der Waals surface area contributed by atoms with Crippen molar-refractivity contribution in [1.82, 2.24) is 4.90 Å². The van der Waals surface area contributed by atoms with Crippen molar-refractivity contribution in [3.05, 3.63) is 47.7 Å². The first-order valence-corrected chi connectivity index (χ1v) is 4.82. The van der Waals surface area contributed by atoms with Crippen LogP contribution in [0.2, 0.25) is 0 Å². The van der Waals surface area contributed by atoms with Crippen LogP contribution in [0.1, 0.15) is 6.42 Å². The van der Waals surface area contributed by atoms with Crippen molar-refractivity contribution in [2.75, 3.05) is 7.05 Å². The number of allylic oxidation sites excluding steroid dienone is 6. The van der Waals surface area contributed by atoms with E-state index in [1.165, 1.54) is 11.3 Å². The molecule has 1 nitrogen and oxygen atoms in total. The van der Waals surface area contributed by atoms with Gasteiger partial charge in [-0.2, -0.15) is 0 Å². The van der Waals surface area contributed by atoms with Crippen LogP contribution in [0.25, 0.3) is 0 Å². The van der Waals surface area contributed by atoms with Gasteiger partial charge in [-0.3, -0.25) is 0 Å². The van der Waals surface area contributed by atoms with Gasteiger partial charge in [0.15, 0.2) is 0 Å². The van der Waals surface area contributed by atoms with E-state index in [0.717, 1.165) is 6.42 Å². The van der Waals surface area contributed by atoms with Crippen LogP contribution >= 0.6 is 11.6 Å². The van der Waals surface area contributed by atoms with Crippen molar-refractivity contribution in [3.63, 3.8) is 0 Å². The molecular weight excluding hydrogens is 182 g/mol. The topological polar surface area (TPSA) is 3.24 Å². The van der Waals surface area contributed by atoms with Gasteiger partial charge in [0.2, 0.25) is 0 Å². The second kappa shape index (κ2) is 3.43. The van der Waals surface area contributed by atoms with Crippen molar-refractivity contribution < 1.29 is 0 Å². The number of alkyl halides is 1. The molecular formula is C11H12ClN. The number of hydrogen-bond donors (Lipinski definition) is 0. The number of halogens is 1. The molecule has 2 heteroatoms. The normalized spacial score (nSPS) is 26.3. The molecule has 0 saturated carbocycles. The maximum absolute atomic E-state index is 6.14. The fraction of sp³-hybridized carbons (Fsp3) is 0.273. The van der Waals surface area contributed by atoms with Crippen molar-refractivity contribution in [2.24, 2.45) is 0 Å². The number of hydrogen-bond acceptors (Lipinski definition) is 1. The first-order chi connectivity index (χ1) is 6.27. The van der Waals surface area contributed by atoms with Gasteiger partial charge in [-0.05, 0) is 17.7 Å². The van der Waals surface area contributed by atoms with Gasteiger partial charge < -0.3 is 4.90 Å². The van der Waals surface area contributed by atoms with Crippen LogP contribution in [0.3, 0.4) is 0 Å². The molecule has 2 rings (SSSR count). The van der Waals surface area contributed by atoms with Gasteiger partial charge in [0, 0.05) is 19.2 Å². The van der Waals surface area contributed by atoms with Crippen LogP contribution in [-0.4, -0.2) is 17.4 Å². The Bertz CT molecular complexity index is 323. The Labute approximate surface area is 83.7 Å². The van der Waals surface area contributed by atoms with Gasteiger partial charge in [-0.1, -0.05) is 35.9 Å². The minimum Gasteiger partial charge on any atom is -0.358 e. The molecule has 13 heavy (non-hydrogen) atoms. The van der Waals surface area contributed by atoms with Gasteiger partial charge >= 0.3 is 0 Å². The molecule has 1 atom stereocenters. The molecule has 0 fully saturated rings. The molecule has 68 valence electrons. The predicted molar refractivity (Wildman–Crippen MR) is 56.5 cm³/mol. The Morgan fingerprint density at radius 2 is 2.15 bits per heavy atom. The van der Waals surface area contributed by atoms with Crippen molar-refractivity contribution in [2.45, 2.75) is 11.9 Å². The summed E-state index contributed by atoms with van der Waals surface area (Å²) in [4.78, 5) is 2.09. The molecule has 0 spiro atoms. The SMILES string of the molecule is CN1C2=CC=CC=C(C=CC1Cl)C2. The van der Waals surface area contributed by atoms with E-state index in [0.29, 0.717) is 0 Å². The minimum atomic E-state index is -0.0244. The van der Waals surface area contributed by atoms with Gasteiger partial charge in [0.05, 0.1) is 0 Å². The van der Waals surface area contributed by atoms with Crippen LogP contribution in [-0.2, 0) is 0 Å². The smallest absolute Gasteiger partial charge is 0.122 e. The number of rotatable bonds is 0. The molecule has 0 aromatic carbocycles. The highest BCUT2D eigenvalue weighted by Crippen LogP contribution is 2.25. The minimum absolute atomic E-state index is 0.0244. The average Bonchev–Trinajstić information content (AvgIpc) is 2.43. The van der Waals surface area contributed by atoms with E-state index in [-0.39, 0.29) is 5.50 Å².